The van der Waals surface area contributed by atoms with Gasteiger partial charge in [-0.3, -0.25) is 0 Å². The molecule has 0 saturated carbocycles. The van der Waals surface area contributed by atoms with E-state index in [0.717, 1.165) is 11.1 Å². The topological polar surface area (TPSA) is 78.8 Å². The Morgan fingerprint density at radius 2 is 2.16 bits per heavy atom. The maximum absolute atomic E-state index is 5.86. The van der Waals surface area contributed by atoms with Crippen LogP contribution in [-0.4, -0.2) is 32.9 Å². The highest BCUT2D eigenvalue weighted by Gasteiger charge is 2.12. The molecule has 0 bridgehead atoms. The van der Waals surface area contributed by atoms with E-state index in [-0.39, 0.29) is 6.10 Å². The molecule has 0 fully saturated rings. The second-order valence-corrected chi connectivity index (χ2v) is 4.58. The van der Waals surface area contributed by atoms with Gasteiger partial charge in [-0.2, -0.15) is 0 Å². The van der Waals surface area contributed by atoms with Crippen LogP contribution in [0.3, 0.4) is 0 Å². The number of benzene rings is 1. The Bertz CT molecular complexity index is 531. The number of ether oxygens (including phenoxy) is 1. The molecule has 6 heteroatoms. The van der Waals surface area contributed by atoms with Crippen LogP contribution >= 0.6 is 0 Å². The molecule has 2 rings (SSSR count). The minimum atomic E-state index is 0.0643. The molecule has 1 aromatic heterocycles. The number of nitrogens with two attached hydrogens (primary N) is 1. The summed E-state index contributed by atoms with van der Waals surface area (Å²) in [5, 5.41) is 11.8. The summed E-state index contributed by atoms with van der Waals surface area (Å²) in [6, 6.07) is 5.81. The number of hydrogen-bond donors (Lipinski definition) is 1. The Labute approximate surface area is 112 Å². The number of tetrazole rings is 1. The molecule has 1 heterocycles. The molecule has 0 aliphatic rings. The summed E-state index contributed by atoms with van der Waals surface area (Å²) in [6.07, 6.45) is 0.0643. The third kappa shape index (κ3) is 3.29. The molecule has 0 aliphatic heterocycles. The highest BCUT2D eigenvalue weighted by atomic mass is 16.5. The van der Waals surface area contributed by atoms with Crippen LogP contribution in [0.2, 0.25) is 0 Å². The van der Waals surface area contributed by atoms with E-state index >= 15 is 0 Å². The molecule has 1 atom stereocenters. The summed E-state index contributed by atoms with van der Waals surface area (Å²) in [6.45, 7) is 7.26. The summed E-state index contributed by atoms with van der Waals surface area (Å²) in [5.74, 6) is 0.710. The lowest BCUT2D eigenvalue weighted by Gasteiger charge is -2.12. The first-order valence-electron chi connectivity index (χ1n) is 6.35. The predicted octanol–water partition coefficient (Wildman–Crippen LogP) is 1.66. The lowest BCUT2D eigenvalue weighted by Crippen LogP contribution is -2.18. The second kappa shape index (κ2) is 5.79. The van der Waals surface area contributed by atoms with E-state index in [4.69, 9.17) is 10.5 Å². The largest absolute Gasteiger partial charge is 0.399 e. The Morgan fingerprint density at radius 1 is 1.37 bits per heavy atom. The first-order valence-corrected chi connectivity index (χ1v) is 6.35. The fourth-order valence-electron chi connectivity index (χ4n) is 2.06. The maximum Gasteiger partial charge on any atom is 0.182 e. The minimum Gasteiger partial charge on any atom is -0.399 e. The number of anilines is 1. The molecule has 2 aromatic rings. The number of aryl methyl sites for hydroxylation is 1. The molecular formula is C13H19N5O. The zero-order valence-corrected chi connectivity index (χ0v) is 11.5. The molecule has 19 heavy (non-hydrogen) atoms. The second-order valence-electron chi connectivity index (χ2n) is 4.58. The van der Waals surface area contributed by atoms with Crippen LogP contribution in [0.1, 0.15) is 19.4 Å². The van der Waals surface area contributed by atoms with Crippen molar-refractivity contribution in [3.05, 3.63) is 23.8 Å². The summed E-state index contributed by atoms with van der Waals surface area (Å²) < 4.78 is 7.26. The van der Waals surface area contributed by atoms with E-state index in [9.17, 15) is 0 Å². The van der Waals surface area contributed by atoms with Crippen molar-refractivity contribution in [3.8, 4) is 11.4 Å². The molecule has 0 spiro atoms. The predicted molar refractivity (Wildman–Crippen MR) is 73.5 cm³/mol. The summed E-state index contributed by atoms with van der Waals surface area (Å²) in [4.78, 5) is 0. The van der Waals surface area contributed by atoms with Crippen molar-refractivity contribution >= 4 is 5.69 Å². The third-order valence-corrected chi connectivity index (χ3v) is 2.77. The van der Waals surface area contributed by atoms with Gasteiger partial charge in [-0.15, -0.1) is 5.10 Å². The van der Waals surface area contributed by atoms with Crippen LogP contribution in [0.4, 0.5) is 5.69 Å². The molecule has 0 amide bonds. The van der Waals surface area contributed by atoms with Crippen molar-refractivity contribution < 1.29 is 4.74 Å². The lowest BCUT2D eigenvalue weighted by atomic mass is 10.1. The Balaban J connectivity index is 2.28. The van der Waals surface area contributed by atoms with Gasteiger partial charge in [0.1, 0.15) is 0 Å². The normalized spacial score (nSPS) is 12.6. The van der Waals surface area contributed by atoms with Gasteiger partial charge in [-0.05, 0) is 55.0 Å². The third-order valence-electron chi connectivity index (χ3n) is 2.77. The monoisotopic (exact) mass is 261 g/mol. The maximum atomic E-state index is 5.86. The molecular weight excluding hydrogens is 242 g/mol. The van der Waals surface area contributed by atoms with E-state index in [1.165, 1.54) is 0 Å². The zero-order chi connectivity index (χ0) is 13.8. The van der Waals surface area contributed by atoms with Gasteiger partial charge >= 0.3 is 0 Å². The van der Waals surface area contributed by atoms with E-state index in [1.54, 1.807) is 4.68 Å². The first kappa shape index (κ1) is 13.5. The summed E-state index contributed by atoms with van der Waals surface area (Å²) >= 11 is 0. The highest BCUT2D eigenvalue weighted by molar-refractivity contribution is 5.62. The quantitative estimate of drug-likeness (QED) is 0.828. The van der Waals surface area contributed by atoms with Gasteiger partial charge in [0.2, 0.25) is 0 Å². The SMILES string of the molecule is CCOC(C)Cn1nnnc1-c1cc(C)cc(N)c1. The number of nitrogen functional groups attached to an aromatic ring is 1. The fourth-order valence-corrected chi connectivity index (χ4v) is 2.06. The van der Waals surface area contributed by atoms with Crippen molar-refractivity contribution in [1.82, 2.24) is 20.2 Å². The summed E-state index contributed by atoms with van der Waals surface area (Å²) in [7, 11) is 0. The van der Waals surface area contributed by atoms with Crippen molar-refractivity contribution in [2.45, 2.75) is 33.4 Å². The molecule has 0 radical (unpaired) electrons. The molecule has 1 aromatic carbocycles. The van der Waals surface area contributed by atoms with Gasteiger partial charge in [0, 0.05) is 17.9 Å². The smallest absolute Gasteiger partial charge is 0.182 e. The zero-order valence-electron chi connectivity index (χ0n) is 11.5. The highest BCUT2D eigenvalue weighted by Crippen LogP contribution is 2.21. The molecule has 1 unspecified atom stereocenters. The van der Waals surface area contributed by atoms with E-state index in [1.807, 2.05) is 39.0 Å². The molecule has 0 aliphatic carbocycles. The van der Waals surface area contributed by atoms with Gasteiger partial charge in [0.25, 0.3) is 0 Å². The van der Waals surface area contributed by atoms with E-state index in [0.29, 0.717) is 24.7 Å². The van der Waals surface area contributed by atoms with E-state index in [2.05, 4.69) is 15.5 Å². The van der Waals surface area contributed by atoms with Crippen LogP contribution in [-0.2, 0) is 11.3 Å². The number of rotatable bonds is 5. The fraction of sp³-hybridized carbons (Fsp3) is 0.462. The number of aromatic nitrogens is 4. The average molecular weight is 261 g/mol. The van der Waals surface area contributed by atoms with Gasteiger partial charge in [-0.25, -0.2) is 4.68 Å². The van der Waals surface area contributed by atoms with Crippen LogP contribution in [0.25, 0.3) is 11.4 Å². The minimum absolute atomic E-state index is 0.0643. The molecule has 0 saturated heterocycles. The molecule has 102 valence electrons. The first-order chi connectivity index (χ1) is 9.10. The van der Waals surface area contributed by atoms with Crippen molar-refractivity contribution in [2.75, 3.05) is 12.3 Å². The van der Waals surface area contributed by atoms with E-state index < -0.39 is 0 Å². The Hall–Kier alpha value is -1.95. The van der Waals surface area contributed by atoms with Gasteiger partial charge in [0.05, 0.1) is 12.6 Å². The number of nitrogens with zero attached hydrogens (tertiary/aromatic N) is 4. The molecule has 2 N–H and O–H groups in total. The van der Waals surface area contributed by atoms with Gasteiger partial charge in [-0.1, -0.05) is 0 Å². The summed E-state index contributed by atoms with van der Waals surface area (Å²) in [5.41, 5.74) is 8.58. The van der Waals surface area contributed by atoms with Crippen LogP contribution in [0.15, 0.2) is 18.2 Å². The van der Waals surface area contributed by atoms with Crippen molar-refractivity contribution in [2.24, 2.45) is 0 Å². The van der Waals surface area contributed by atoms with Gasteiger partial charge in [0.15, 0.2) is 5.82 Å². The van der Waals surface area contributed by atoms with Crippen LogP contribution < -0.4 is 5.73 Å². The van der Waals surface area contributed by atoms with Crippen molar-refractivity contribution in [1.29, 1.82) is 0 Å². The Morgan fingerprint density at radius 3 is 2.84 bits per heavy atom. The lowest BCUT2D eigenvalue weighted by molar-refractivity contribution is 0.0614. The van der Waals surface area contributed by atoms with Crippen molar-refractivity contribution in [3.63, 3.8) is 0 Å². The van der Waals surface area contributed by atoms with Crippen LogP contribution in [0.5, 0.6) is 0 Å². The molecule has 6 nitrogen and oxygen atoms in total. The standard InChI is InChI=1S/C13H19N5O/c1-4-19-10(3)8-18-13(15-16-17-18)11-5-9(2)6-12(14)7-11/h5-7,10H,4,8,14H2,1-3H3. The average Bonchev–Trinajstić information content (AvgIpc) is 2.76. The Kier molecular flexibility index (Phi) is 4.11. The van der Waals surface area contributed by atoms with Gasteiger partial charge < -0.3 is 10.5 Å². The van der Waals surface area contributed by atoms with Crippen LogP contribution in [0, 0.1) is 6.92 Å². The number of hydrogen-bond acceptors (Lipinski definition) is 5.